The zero-order valence-electron chi connectivity index (χ0n) is 17.2. The molecule has 3 aromatic rings. The number of thiophene rings is 1. The second-order valence-corrected chi connectivity index (χ2v) is 10.5. The van der Waals surface area contributed by atoms with Gasteiger partial charge in [-0.2, -0.15) is 9.29 Å². The van der Waals surface area contributed by atoms with Crippen LogP contribution in [0.15, 0.2) is 50.5 Å². The van der Waals surface area contributed by atoms with Crippen molar-refractivity contribution in [1.82, 2.24) is 19.8 Å². The van der Waals surface area contributed by atoms with Gasteiger partial charge in [-0.05, 0) is 24.5 Å². The summed E-state index contributed by atoms with van der Waals surface area (Å²) in [5.41, 5.74) is 1.62. The Balaban J connectivity index is 1.43. The van der Waals surface area contributed by atoms with Crippen molar-refractivity contribution in [3.63, 3.8) is 0 Å². The Morgan fingerprint density at radius 2 is 2.13 bits per heavy atom. The minimum atomic E-state index is -3.70. The Bertz CT molecular complexity index is 1140. The first-order valence-electron chi connectivity index (χ1n) is 10.2. The number of aromatic nitrogens is 2. The van der Waals surface area contributed by atoms with Gasteiger partial charge < -0.3 is 9.84 Å². The van der Waals surface area contributed by atoms with E-state index in [0.29, 0.717) is 49.6 Å². The molecule has 0 radical (unpaired) electrons. The van der Waals surface area contributed by atoms with Crippen LogP contribution in [0.4, 0.5) is 0 Å². The molecule has 0 bridgehead atoms. The molecule has 1 N–H and O–H groups in total. The van der Waals surface area contributed by atoms with Crippen LogP contribution in [0.2, 0.25) is 0 Å². The molecule has 8 nitrogen and oxygen atoms in total. The van der Waals surface area contributed by atoms with Gasteiger partial charge in [0, 0.05) is 37.0 Å². The number of rotatable bonds is 7. The minimum absolute atomic E-state index is 0.116. The molecule has 1 aliphatic heterocycles. The Hall–Kier alpha value is -2.56. The number of nitrogens with zero attached hydrogens (tertiary/aromatic N) is 3. The number of aryl methyl sites for hydroxylation is 1. The lowest BCUT2D eigenvalue weighted by atomic mass is 9.99. The summed E-state index contributed by atoms with van der Waals surface area (Å²) in [6.45, 7) is 2.92. The molecule has 0 aliphatic carbocycles. The second kappa shape index (κ2) is 9.29. The molecule has 0 spiro atoms. The number of carbonyl (C=O) groups is 1. The molecular weight excluding hydrogens is 436 g/mol. The highest BCUT2D eigenvalue weighted by Crippen LogP contribution is 2.31. The summed E-state index contributed by atoms with van der Waals surface area (Å²) in [6.07, 6.45) is 1.93. The van der Waals surface area contributed by atoms with Crippen LogP contribution in [-0.4, -0.2) is 41.9 Å². The maximum atomic E-state index is 13.2. The van der Waals surface area contributed by atoms with Crippen molar-refractivity contribution in [2.45, 2.75) is 36.9 Å². The Labute approximate surface area is 185 Å². The summed E-state index contributed by atoms with van der Waals surface area (Å²) in [5.74, 6) is 0.405. The quantitative estimate of drug-likeness (QED) is 0.581. The molecule has 0 saturated carbocycles. The lowest BCUT2D eigenvalue weighted by molar-refractivity contribution is -0.126. The van der Waals surface area contributed by atoms with Crippen molar-refractivity contribution in [3.8, 4) is 11.4 Å². The summed E-state index contributed by atoms with van der Waals surface area (Å²) < 4.78 is 33.1. The van der Waals surface area contributed by atoms with Gasteiger partial charge in [0.05, 0.1) is 5.92 Å². The number of sulfonamides is 1. The molecule has 164 valence electrons. The molecule has 1 aliphatic rings. The van der Waals surface area contributed by atoms with E-state index in [2.05, 4.69) is 15.5 Å². The molecule has 1 amide bonds. The third-order valence-corrected chi connectivity index (χ3v) is 8.54. The molecule has 1 fully saturated rings. The zero-order chi connectivity index (χ0) is 21.8. The SMILES string of the molecule is CCc1nc(-c2csc(S(=O)(=O)N3CCC[C@H](C(=O)NCc4ccccc4)C3)c2)no1. The summed E-state index contributed by atoms with van der Waals surface area (Å²) in [5, 5.41) is 8.55. The Morgan fingerprint density at radius 1 is 1.32 bits per heavy atom. The number of hydrogen-bond donors (Lipinski definition) is 1. The van der Waals surface area contributed by atoms with Crippen LogP contribution in [0.1, 0.15) is 31.2 Å². The first kappa shape index (κ1) is 21.7. The molecule has 1 aromatic carbocycles. The van der Waals surface area contributed by atoms with Crippen molar-refractivity contribution >= 4 is 27.3 Å². The molecule has 4 rings (SSSR count). The van der Waals surface area contributed by atoms with Gasteiger partial charge in [0.15, 0.2) is 0 Å². The van der Waals surface area contributed by atoms with Crippen molar-refractivity contribution in [3.05, 3.63) is 53.2 Å². The maximum absolute atomic E-state index is 13.2. The van der Waals surface area contributed by atoms with E-state index in [1.165, 1.54) is 4.31 Å². The van der Waals surface area contributed by atoms with Gasteiger partial charge in [0.2, 0.25) is 17.6 Å². The van der Waals surface area contributed by atoms with E-state index >= 15 is 0 Å². The lowest BCUT2D eigenvalue weighted by Gasteiger charge is -2.30. The van der Waals surface area contributed by atoms with Gasteiger partial charge in [0.25, 0.3) is 10.0 Å². The lowest BCUT2D eigenvalue weighted by Crippen LogP contribution is -2.45. The fraction of sp³-hybridized carbons (Fsp3) is 0.381. The topological polar surface area (TPSA) is 105 Å². The standard InChI is InChI=1S/C21H24N4O4S2/c1-2-18-23-20(24-29-18)17-11-19(30-14-17)31(27,28)25-10-6-9-16(13-25)21(26)22-12-15-7-4-3-5-8-15/h3-5,7-8,11,14,16H,2,6,9-10,12-13H2,1H3,(H,22,26)/t16-/m0/s1. The Kier molecular flexibility index (Phi) is 6.49. The molecule has 1 saturated heterocycles. The molecule has 0 unspecified atom stereocenters. The van der Waals surface area contributed by atoms with Crippen LogP contribution in [0.5, 0.6) is 0 Å². The normalized spacial score (nSPS) is 17.5. The highest BCUT2D eigenvalue weighted by molar-refractivity contribution is 7.91. The van der Waals surface area contributed by atoms with Gasteiger partial charge in [-0.1, -0.05) is 42.4 Å². The zero-order valence-corrected chi connectivity index (χ0v) is 18.8. The first-order valence-corrected chi connectivity index (χ1v) is 12.5. The van der Waals surface area contributed by atoms with E-state index < -0.39 is 10.0 Å². The fourth-order valence-corrected chi connectivity index (χ4v) is 6.35. The predicted molar refractivity (Wildman–Crippen MR) is 117 cm³/mol. The van der Waals surface area contributed by atoms with Crippen LogP contribution in [0, 0.1) is 5.92 Å². The first-order chi connectivity index (χ1) is 15.0. The van der Waals surface area contributed by atoms with Crippen LogP contribution in [0.3, 0.4) is 0 Å². The number of carbonyl (C=O) groups excluding carboxylic acids is 1. The van der Waals surface area contributed by atoms with Crippen LogP contribution in [0.25, 0.3) is 11.4 Å². The number of piperidine rings is 1. The number of hydrogen-bond acceptors (Lipinski definition) is 7. The minimum Gasteiger partial charge on any atom is -0.352 e. The monoisotopic (exact) mass is 460 g/mol. The van der Waals surface area contributed by atoms with E-state index in [9.17, 15) is 13.2 Å². The third kappa shape index (κ3) is 4.86. The van der Waals surface area contributed by atoms with Gasteiger partial charge in [-0.25, -0.2) is 8.42 Å². The molecule has 2 aromatic heterocycles. The van der Waals surface area contributed by atoms with Crippen LogP contribution >= 0.6 is 11.3 Å². The van der Waals surface area contributed by atoms with Crippen molar-refractivity contribution < 1.29 is 17.7 Å². The highest BCUT2D eigenvalue weighted by Gasteiger charge is 2.34. The van der Waals surface area contributed by atoms with E-state index in [1.807, 2.05) is 37.3 Å². The average molecular weight is 461 g/mol. The van der Waals surface area contributed by atoms with Crippen molar-refractivity contribution in [1.29, 1.82) is 0 Å². The van der Waals surface area contributed by atoms with Gasteiger partial charge in [-0.15, -0.1) is 11.3 Å². The molecule has 1 atom stereocenters. The number of benzene rings is 1. The van der Waals surface area contributed by atoms with Crippen LogP contribution in [-0.2, 0) is 27.8 Å². The van der Waals surface area contributed by atoms with Crippen molar-refractivity contribution in [2.24, 2.45) is 5.92 Å². The highest BCUT2D eigenvalue weighted by atomic mass is 32.2. The second-order valence-electron chi connectivity index (χ2n) is 7.43. The van der Waals surface area contributed by atoms with E-state index in [1.54, 1.807) is 11.4 Å². The predicted octanol–water partition coefficient (Wildman–Crippen LogP) is 3.08. The van der Waals surface area contributed by atoms with Crippen LogP contribution < -0.4 is 5.32 Å². The summed E-state index contributed by atoms with van der Waals surface area (Å²) >= 11 is 1.13. The summed E-state index contributed by atoms with van der Waals surface area (Å²) in [6, 6.07) is 11.2. The Morgan fingerprint density at radius 3 is 2.87 bits per heavy atom. The maximum Gasteiger partial charge on any atom is 0.252 e. The average Bonchev–Trinajstić information content (AvgIpc) is 3.48. The van der Waals surface area contributed by atoms with Gasteiger partial charge in [-0.3, -0.25) is 4.79 Å². The molecule has 3 heterocycles. The summed E-state index contributed by atoms with van der Waals surface area (Å²) in [7, 11) is -3.70. The molecular formula is C21H24N4O4S2. The molecule has 31 heavy (non-hydrogen) atoms. The number of amides is 1. The van der Waals surface area contributed by atoms with E-state index in [0.717, 1.165) is 16.9 Å². The van der Waals surface area contributed by atoms with E-state index in [-0.39, 0.29) is 22.6 Å². The van der Waals surface area contributed by atoms with Gasteiger partial charge in [0.1, 0.15) is 4.21 Å². The van der Waals surface area contributed by atoms with Crippen molar-refractivity contribution in [2.75, 3.05) is 13.1 Å². The fourth-order valence-electron chi connectivity index (χ4n) is 3.52. The smallest absolute Gasteiger partial charge is 0.252 e. The molecule has 10 heteroatoms. The number of nitrogens with one attached hydrogen (secondary N) is 1. The largest absolute Gasteiger partial charge is 0.352 e. The third-order valence-electron chi connectivity index (χ3n) is 5.26. The summed E-state index contributed by atoms with van der Waals surface area (Å²) in [4.78, 5) is 16.9. The van der Waals surface area contributed by atoms with Gasteiger partial charge >= 0.3 is 0 Å². The van der Waals surface area contributed by atoms with E-state index in [4.69, 9.17) is 4.52 Å².